The molecule has 1 N–H and O–H groups in total. The Morgan fingerprint density at radius 2 is 2.15 bits per heavy atom. The first kappa shape index (κ1) is 15.4. The Morgan fingerprint density at radius 1 is 1.35 bits per heavy atom. The van der Waals surface area contributed by atoms with Crippen LogP contribution in [-0.4, -0.2) is 30.6 Å². The average molecular weight is 282 g/mol. The molecule has 1 fully saturated rings. The van der Waals surface area contributed by atoms with Crippen LogP contribution in [0.3, 0.4) is 0 Å². The lowest BCUT2D eigenvalue weighted by Crippen LogP contribution is -2.30. The van der Waals surface area contributed by atoms with E-state index in [2.05, 4.69) is 24.1 Å². The van der Waals surface area contributed by atoms with E-state index < -0.39 is 6.43 Å². The van der Waals surface area contributed by atoms with Crippen LogP contribution in [0.5, 0.6) is 0 Å². The van der Waals surface area contributed by atoms with Crippen molar-refractivity contribution in [1.29, 1.82) is 0 Å². The Kier molecular flexibility index (Phi) is 5.49. The minimum absolute atomic E-state index is 0.108. The van der Waals surface area contributed by atoms with Crippen molar-refractivity contribution in [2.45, 2.75) is 39.3 Å². The molecule has 0 amide bonds. The third kappa shape index (κ3) is 4.25. The largest absolute Gasteiger partial charge is 0.312 e. The predicted molar refractivity (Wildman–Crippen MR) is 77.9 cm³/mol. The molecule has 0 spiro atoms. The highest BCUT2D eigenvalue weighted by atomic mass is 19.3. The maximum Gasteiger partial charge on any atom is 0.263 e. The number of benzene rings is 1. The molecule has 1 heterocycles. The Labute approximate surface area is 120 Å². The maximum atomic E-state index is 12.6. The van der Waals surface area contributed by atoms with Crippen molar-refractivity contribution < 1.29 is 8.78 Å². The van der Waals surface area contributed by atoms with Crippen LogP contribution in [0, 0.1) is 5.92 Å². The van der Waals surface area contributed by atoms with Crippen LogP contribution in [-0.2, 0) is 6.54 Å². The topological polar surface area (TPSA) is 15.3 Å². The molecule has 2 nitrogen and oxygen atoms in total. The number of likely N-dealkylation sites (tertiary alicyclic amines) is 1. The number of hydrogen-bond donors (Lipinski definition) is 1. The molecule has 112 valence electrons. The van der Waals surface area contributed by atoms with E-state index in [1.807, 2.05) is 6.07 Å². The predicted octanol–water partition coefficient (Wildman–Crippen LogP) is 3.44. The van der Waals surface area contributed by atoms with E-state index in [1.165, 1.54) is 19.0 Å². The zero-order valence-electron chi connectivity index (χ0n) is 12.3. The first-order valence-corrected chi connectivity index (χ1v) is 7.38. The lowest BCUT2D eigenvalue weighted by Gasteiger charge is -2.20. The second-order valence-corrected chi connectivity index (χ2v) is 5.92. The van der Waals surface area contributed by atoms with E-state index in [9.17, 15) is 8.78 Å². The van der Waals surface area contributed by atoms with E-state index in [0.717, 1.165) is 18.7 Å². The molecule has 1 saturated heterocycles. The average Bonchev–Trinajstić information content (AvgIpc) is 2.88. The molecule has 0 radical (unpaired) electrons. The van der Waals surface area contributed by atoms with Gasteiger partial charge in [-0.3, -0.25) is 0 Å². The summed E-state index contributed by atoms with van der Waals surface area (Å²) >= 11 is 0. The lowest BCUT2D eigenvalue weighted by atomic mass is 10.1. The number of hydrogen-bond acceptors (Lipinski definition) is 2. The number of halogens is 2. The van der Waals surface area contributed by atoms with Crippen molar-refractivity contribution in [2.75, 3.05) is 19.6 Å². The molecule has 0 aliphatic carbocycles. The highest BCUT2D eigenvalue weighted by Gasteiger charge is 2.23. The summed E-state index contributed by atoms with van der Waals surface area (Å²) in [6.45, 7) is 8.39. The molecule has 1 aliphatic rings. The fourth-order valence-electron chi connectivity index (χ4n) is 2.76. The summed E-state index contributed by atoms with van der Waals surface area (Å²) in [4.78, 5) is 2.49. The van der Waals surface area contributed by atoms with Gasteiger partial charge in [-0.15, -0.1) is 0 Å². The molecule has 4 heteroatoms. The monoisotopic (exact) mass is 282 g/mol. The van der Waals surface area contributed by atoms with Crippen molar-refractivity contribution in [1.82, 2.24) is 10.2 Å². The molecule has 1 unspecified atom stereocenters. The third-order valence-electron chi connectivity index (χ3n) is 4.01. The van der Waals surface area contributed by atoms with Crippen LogP contribution in [0.15, 0.2) is 24.3 Å². The minimum atomic E-state index is -2.38. The zero-order chi connectivity index (χ0) is 14.5. The molecule has 0 aromatic heterocycles. The van der Waals surface area contributed by atoms with Crippen LogP contribution in [0.1, 0.15) is 37.8 Å². The summed E-state index contributed by atoms with van der Waals surface area (Å²) in [6, 6.07) is 7.28. The molecule has 1 aromatic rings. The second kappa shape index (κ2) is 7.14. The second-order valence-electron chi connectivity index (χ2n) is 5.92. The molecule has 1 atom stereocenters. The first-order chi connectivity index (χ1) is 9.56. The van der Waals surface area contributed by atoms with Gasteiger partial charge in [0.25, 0.3) is 6.43 Å². The third-order valence-corrected chi connectivity index (χ3v) is 4.01. The van der Waals surface area contributed by atoms with Gasteiger partial charge in [-0.2, -0.15) is 0 Å². The molecular weight excluding hydrogens is 258 g/mol. The Morgan fingerprint density at radius 3 is 2.80 bits per heavy atom. The van der Waals surface area contributed by atoms with E-state index in [-0.39, 0.29) is 5.56 Å². The van der Waals surface area contributed by atoms with Crippen molar-refractivity contribution in [2.24, 2.45) is 5.92 Å². The van der Waals surface area contributed by atoms with Crippen LogP contribution in [0.25, 0.3) is 0 Å². The van der Waals surface area contributed by atoms with Gasteiger partial charge < -0.3 is 10.2 Å². The van der Waals surface area contributed by atoms with Crippen LogP contribution in [0.4, 0.5) is 8.78 Å². The number of nitrogens with zero attached hydrogens (tertiary/aromatic N) is 1. The zero-order valence-corrected chi connectivity index (χ0v) is 12.3. The molecular formula is C16H24F2N2. The Bertz CT molecular complexity index is 421. The molecule has 0 bridgehead atoms. The first-order valence-electron chi connectivity index (χ1n) is 7.38. The summed E-state index contributed by atoms with van der Waals surface area (Å²) in [5, 5.41) is 3.40. The van der Waals surface area contributed by atoms with Crippen LogP contribution < -0.4 is 5.32 Å². The van der Waals surface area contributed by atoms with Crippen molar-refractivity contribution >= 4 is 0 Å². The van der Waals surface area contributed by atoms with E-state index in [1.54, 1.807) is 12.1 Å². The summed E-state index contributed by atoms with van der Waals surface area (Å²) in [5.41, 5.74) is 1.04. The van der Waals surface area contributed by atoms with Gasteiger partial charge in [0.15, 0.2) is 0 Å². The number of alkyl halides is 2. The molecule has 0 saturated carbocycles. The van der Waals surface area contributed by atoms with Gasteiger partial charge in [0.05, 0.1) is 0 Å². The van der Waals surface area contributed by atoms with Gasteiger partial charge in [0.1, 0.15) is 0 Å². The fourth-order valence-corrected chi connectivity index (χ4v) is 2.76. The molecule has 2 rings (SSSR count). The van der Waals surface area contributed by atoms with E-state index in [4.69, 9.17) is 0 Å². The Hall–Kier alpha value is -1.00. The standard InChI is InChI=1S/C16H24F2N2/c1-12(2)20-7-6-14(11-20)10-19-9-13-4-3-5-15(8-13)16(17)18/h3-5,8,12,14,16,19H,6-7,9-11H2,1-2H3. The molecule has 1 aromatic carbocycles. The van der Waals surface area contributed by atoms with Gasteiger partial charge in [-0.25, -0.2) is 8.78 Å². The van der Waals surface area contributed by atoms with Crippen molar-refractivity contribution in [3.63, 3.8) is 0 Å². The quantitative estimate of drug-likeness (QED) is 0.860. The normalized spacial score (nSPS) is 20.2. The van der Waals surface area contributed by atoms with Crippen LogP contribution >= 0.6 is 0 Å². The fraction of sp³-hybridized carbons (Fsp3) is 0.625. The summed E-state index contributed by atoms with van der Waals surface area (Å²) in [5.74, 6) is 0.677. The van der Waals surface area contributed by atoms with Gasteiger partial charge in [0, 0.05) is 24.7 Å². The van der Waals surface area contributed by atoms with Crippen LogP contribution in [0.2, 0.25) is 0 Å². The van der Waals surface area contributed by atoms with Gasteiger partial charge in [-0.05, 0) is 50.9 Å². The van der Waals surface area contributed by atoms with E-state index >= 15 is 0 Å². The summed E-state index contributed by atoms with van der Waals surface area (Å²) in [6.07, 6.45) is -1.16. The SMILES string of the molecule is CC(C)N1CCC(CNCc2cccc(C(F)F)c2)C1. The maximum absolute atomic E-state index is 12.6. The summed E-state index contributed by atoms with van der Waals surface area (Å²) < 4.78 is 25.2. The van der Waals surface area contributed by atoms with Gasteiger partial charge in [-0.1, -0.05) is 18.2 Å². The highest BCUT2D eigenvalue weighted by Crippen LogP contribution is 2.20. The molecule has 20 heavy (non-hydrogen) atoms. The molecule has 1 aliphatic heterocycles. The summed E-state index contributed by atoms with van der Waals surface area (Å²) in [7, 11) is 0. The minimum Gasteiger partial charge on any atom is -0.312 e. The lowest BCUT2D eigenvalue weighted by molar-refractivity contribution is 0.151. The Balaban J connectivity index is 1.75. The van der Waals surface area contributed by atoms with Crippen molar-refractivity contribution in [3.8, 4) is 0 Å². The van der Waals surface area contributed by atoms with Gasteiger partial charge >= 0.3 is 0 Å². The number of nitrogens with one attached hydrogen (secondary N) is 1. The highest BCUT2D eigenvalue weighted by molar-refractivity contribution is 5.24. The number of rotatable bonds is 6. The van der Waals surface area contributed by atoms with E-state index in [0.29, 0.717) is 18.5 Å². The van der Waals surface area contributed by atoms with Crippen molar-refractivity contribution in [3.05, 3.63) is 35.4 Å². The smallest absolute Gasteiger partial charge is 0.263 e. The van der Waals surface area contributed by atoms with Gasteiger partial charge in [0.2, 0.25) is 0 Å².